The van der Waals surface area contributed by atoms with Gasteiger partial charge in [-0.1, -0.05) is 48.4 Å². The normalized spacial score (nSPS) is 11.0. The molecule has 1 heterocycles. The van der Waals surface area contributed by atoms with Gasteiger partial charge in [-0.15, -0.1) is 0 Å². The molecule has 3 N–H and O–H groups in total. The van der Waals surface area contributed by atoms with Crippen molar-refractivity contribution in [2.75, 3.05) is 11.9 Å². The number of carbonyl (C=O) groups excluding carboxylic acids is 2. The average molecular weight is 460 g/mol. The number of carboxylic acids is 1. The third-order valence-electron chi connectivity index (χ3n) is 4.85. The van der Waals surface area contributed by atoms with Crippen LogP contribution in [0.4, 0.5) is 10.6 Å². The van der Waals surface area contributed by atoms with Gasteiger partial charge >= 0.3 is 12.1 Å². The van der Waals surface area contributed by atoms with Crippen molar-refractivity contribution in [3.05, 3.63) is 71.9 Å². The van der Waals surface area contributed by atoms with Crippen LogP contribution in [0.2, 0.25) is 0 Å². The van der Waals surface area contributed by atoms with Crippen molar-refractivity contribution in [1.82, 2.24) is 15.1 Å². The molecule has 9 nitrogen and oxygen atoms in total. The first-order chi connectivity index (χ1) is 16.3. The number of rotatable bonds is 7. The van der Waals surface area contributed by atoms with E-state index in [0.29, 0.717) is 16.9 Å². The molecule has 3 aromatic rings. The Bertz CT molecular complexity index is 1220. The molecule has 0 radical (unpaired) electrons. The van der Waals surface area contributed by atoms with Crippen LogP contribution >= 0.6 is 0 Å². The molecule has 0 unspecified atom stereocenters. The van der Waals surface area contributed by atoms with Crippen molar-refractivity contribution in [3.63, 3.8) is 0 Å². The second-order valence-corrected chi connectivity index (χ2v) is 7.34. The van der Waals surface area contributed by atoms with Gasteiger partial charge in [-0.3, -0.25) is 19.6 Å². The maximum Gasteiger partial charge on any atom is 0.413 e. The molecular formula is C25H24N4O5. The quantitative estimate of drug-likeness (QED) is 0.465. The molecule has 0 aliphatic heterocycles. The van der Waals surface area contributed by atoms with Gasteiger partial charge in [0.2, 0.25) is 0 Å². The van der Waals surface area contributed by atoms with Gasteiger partial charge in [0.05, 0.1) is 12.6 Å². The topological polar surface area (TPSA) is 123 Å². The number of aryl methyl sites for hydroxylation is 1. The Labute approximate surface area is 196 Å². The molecule has 2 amide bonds. The number of carboxylic acid groups (broad SMARTS) is 1. The van der Waals surface area contributed by atoms with Gasteiger partial charge in [-0.2, -0.15) is 5.10 Å². The number of nitrogens with one attached hydrogen (secondary N) is 2. The molecule has 0 spiro atoms. The minimum atomic E-state index is -0.993. The highest BCUT2D eigenvalue weighted by Gasteiger charge is 2.17. The van der Waals surface area contributed by atoms with Gasteiger partial charge in [0.25, 0.3) is 5.91 Å². The van der Waals surface area contributed by atoms with E-state index < -0.39 is 24.1 Å². The first-order valence-corrected chi connectivity index (χ1v) is 10.5. The maximum absolute atomic E-state index is 12.5. The summed E-state index contributed by atoms with van der Waals surface area (Å²) in [5.41, 5.74) is 2.97. The highest BCUT2D eigenvalue weighted by Crippen LogP contribution is 2.28. The molecule has 174 valence electrons. The Kier molecular flexibility index (Phi) is 8.02. The van der Waals surface area contributed by atoms with E-state index in [4.69, 9.17) is 9.84 Å². The SMILES string of the molecule is C[C@@H](OC(=O)Nc1c(-c2ccc(C#CC(=O)NCCC(=O)O)cc2)cnn1C)c1ccccc1. The Morgan fingerprint density at radius 1 is 1.12 bits per heavy atom. The van der Waals surface area contributed by atoms with Crippen molar-refractivity contribution in [1.29, 1.82) is 0 Å². The van der Waals surface area contributed by atoms with E-state index in [1.54, 1.807) is 49.1 Å². The van der Waals surface area contributed by atoms with E-state index in [9.17, 15) is 14.4 Å². The number of carbonyl (C=O) groups is 3. The highest BCUT2D eigenvalue weighted by molar-refractivity contribution is 5.94. The van der Waals surface area contributed by atoms with E-state index in [-0.39, 0.29) is 13.0 Å². The summed E-state index contributed by atoms with van der Waals surface area (Å²) in [6.07, 6.45) is 0.449. The fourth-order valence-corrected chi connectivity index (χ4v) is 3.07. The molecule has 9 heteroatoms. The van der Waals surface area contributed by atoms with E-state index in [2.05, 4.69) is 27.6 Å². The summed E-state index contributed by atoms with van der Waals surface area (Å²) in [6.45, 7) is 1.82. The van der Waals surface area contributed by atoms with Gasteiger partial charge in [-0.25, -0.2) is 4.79 Å². The Morgan fingerprint density at radius 2 is 1.82 bits per heavy atom. The molecule has 1 aromatic heterocycles. The zero-order chi connectivity index (χ0) is 24.5. The van der Waals surface area contributed by atoms with Gasteiger partial charge in [-0.05, 0) is 30.2 Å². The third kappa shape index (κ3) is 6.71. The summed E-state index contributed by atoms with van der Waals surface area (Å²) >= 11 is 0. The van der Waals surface area contributed by atoms with Crippen LogP contribution in [0.5, 0.6) is 0 Å². The van der Waals surface area contributed by atoms with Crippen LogP contribution in [0.1, 0.15) is 30.6 Å². The molecule has 0 saturated heterocycles. The van der Waals surface area contributed by atoms with Crippen molar-refractivity contribution in [2.45, 2.75) is 19.4 Å². The predicted octanol–water partition coefficient (Wildman–Crippen LogP) is 3.34. The number of benzene rings is 2. The van der Waals surface area contributed by atoms with E-state index in [0.717, 1.165) is 11.1 Å². The molecule has 3 rings (SSSR count). The first kappa shape index (κ1) is 24.1. The second kappa shape index (κ2) is 11.3. The monoisotopic (exact) mass is 460 g/mol. The lowest BCUT2D eigenvalue weighted by Gasteiger charge is -2.15. The predicted molar refractivity (Wildman–Crippen MR) is 126 cm³/mol. The van der Waals surface area contributed by atoms with Crippen LogP contribution in [0.25, 0.3) is 11.1 Å². The fourth-order valence-electron chi connectivity index (χ4n) is 3.07. The Hall–Kier alpha value is -4.58. The van der Waals surface area contributed by atoms with Gasteiger partial charge in [0.1, 0.15) is 11.9 Å². The number of nitrogens with zero attached hydrogens (tertiary/aromatic N) is 2. The Balaban J connectivity index is 1.65. The summed E-state index contributed by atoms with van der Waals surface area (Å²) in [6, 6.07) is 16.5. The number of aliphatic carboxylic acids is 1. The van der Waals surface area contributed by atoms with Crippen molar-refractivity contribution in [3.8, 4) is 23.0 Å². The van der Waals surface area contributed by atoms with Crippen LogP contribution in [0.15, 0.2) is 60.8 Å². The lowest BCUT2D eigenvalue weighted by atomic mass is 10.1. The number of amides is 2. The summed E-state index contributed by atoms with van der Waals surface area (Å²) in [5, 5.41) is 18.0. The zero-order valence-corrected chi connectivity index (χ0v) is 18.7. The summed E-state index contributed by atoms with van der Waals surface area (Å²) < 4.78 is 7.03. The molecule has 0 aliphatic carbocycles. The van der Waals surface area contributed by atoms with Crippen molar-refractivity contribution >= 4 is 23.8 Å². The van der Waals surface area contributed by atoms with Crippen molar-refractivity contribution in [2.24, 2.45) is 7.05 Å². The van der Waals surface area contributed by atoms with E-state index >= 15 is 0 Å². The van der Waals surface area contributed by atoms with Gasteiger partial charge in [0.15, 0.2) is 0 Å². The fraction of sp³-hybridized carbons (Fsp3) is 0.200. The van der Waals surface area contributed by atoms with Crippen LogP contribution in [0, 0.1) is 11.8 Å². The second-order valence-electron chi connectivity index (χ2n) is 7.34. The largest absolute Gasteiger partial charge is 0.481 e. The number of anilines is 1. The van der Waals surface area contributed by atoms with Crippen LogP contribution in [-0.2, 0) is 21.4 Å². The first-order valence-electron chi connectivity index (χ1n) is 10.5. The van der Waals surface area contributed by atoms with Crippen LogP contribution in [-0.4, -0.2) is 39.4 Å². The minimum Gasteiger partial charge on any atom is -0.481 e. The van der Waals surface area contributed by atoms with Crippen molar-refractivity contribution < 1.29 is 24.2 Å². The summed E-state index contributed by atoms with van der Waals surface area (Å²) in [7, 11) is 1.71. The maximum atomic E-state index is 12.5. The molecule has 2 aromatic carbocycles. The molecule has 1 atom stereocenters. The number of aromatic nitrogens is 2. The number of hydrogen-bond donors (Lipinski definition) is 3. The molecule has 0 fully saturated rings. The third-order valence-corrected chi connectivity index (χ3v) is 4.85. The molecule has 0 bridgehead atoms. The summed E-state index contributed by atoms with van der Waals surface area (Å²) in [5.74, 6) is 4.08. The average Bonchev–Trinajstić information content (AvgIpc) is 3.18. The minimum absolute atomic E-state index is 0.0190. The number of hydrogen-bond acceptors (Lipinski definition) is 5. The molecule has 34 heavy (non-hydrogen) atoms. The Morgan fingerprint density at radius 3 is 2.50 bits per heavy atom. The zero-order valence-electron chi connectivity index (χ0n) is 18.7. The lowest BCUT2D eigenvalue weighted by Crippen LogP contribution is -2.24. The molecular weight excluding hydrogens is 436 g/mol. The highest BCUT2D eigenvalue weighted by atomic mass is 16.6. The van der Waals surface area contributed by atoms with E-state index in [1.807, 2.05) is 30.3 Å². The lowest BCUT2D eigenvalue weighted by molar-refractivity contribution is -0.136. The number of ether oxygens (including phenoxy) is 1. The molecule has 0 saturated carbocycles. The van der Waals surface area contributed by atoms with Gasteiger partial charge < -0.3 is 15.2 Å². The van der Waals surface area contributed by atoms with Crippen LogP contribution < -0.4 is 10.6 Å². The standard InChI is InChI=1S/C25H24N4O5/c1-17(19-6-4-3-5-7-19)34-25(33)28-24-21(16-27-29(24)2)20-11-8-18(9-12-20)10-13-22(30)26-15-14-23(31)32/h3-9,11-12,16-17H,14-15H2,1-2H3,(H,26,30)(H,28,33)(H,31,32)/t17-/m1/s1. The van der Waals surface area contributed by atoms with Crippen LogP contribution in [0.3, 0.4) is 0 Å². The van der Waals surface area contributed by atoms with E-state index in [1.165, 1.54) is 0 Å². The summed E-state index contributed by atoms with van der Waals surface area (Å²) in [4.78, 5) is 34.6. The van der Waals surface area contributed by atoms with Gasteiger partial charge in [0, 0.05) is 30.6 Å². The molecule has 0 aliphatic rings. The smallest absolute Gasteiger partial charge is 0.413 e.